The average Bonchev–Trinajstić information content (AvgIpc) is 2.00. The summed E-state index contributed by atoms with van der Waals surface area (Å²) < 4.78 is 0. The Balaban J connectivity index is 3.80. The van der Waals surface area contributed by atoms with Crippen LogP contribution in [0.1, 0.15) is 0 Å². The second-order valence-corrected chi connectivity index (χ2v) is 2.24. The third kappa shape index (κ3) is 2.68. The van der Waals surface area contributed by atoms with Crippen LogP contribution in [0.25, 0.3) is 0 Å². The number of hydrogen-bond donors (Lipinski definition) is 4. The summed E-state index contributed by atoms with van der Waals surface area (Å²) >= 11 is 4.35. The maximum Gasteiger partial charge on any atom is 0.110 e. The predicted molar refractivity (Wildman–Crippen MR) is 40.7 cm³/mol. The van der Waals surface area contributed by atoms with Crippen LogP contribution < -0.4 is 5.73 Å². The van der Waals surface area contributed by atoms with Gasteiger partial charge in [0.2, 0.25) is 0 Å². The quantitative estimate of drug-likeness (QED) is 0.363. The molecular weight excluding hydrogens is 154 g/mol. The number of nitrogens with two attached hydrogens (primary N) is 1. The maximum absolute atomic E-state index is 8.95. The van der Waals surface area contributed by atoms with Crippen molar-refractivity contribution in [3.8, 4) is 0 Å². The Kier molecular flexibility index (Phi) is 4.67. The molecule has 0 bridgehead atoms. The smallest absolute Gasteiger partial charge is 0.110 e. The lowest BCUT2D eigenvalue weighted by Gasteiger charge is -2.18. The molecule has 0 aromatic carbocycles. The zero-order valence-electron chi connectivity index (χ0n) is 5.34. The van der Waals surface area contributed by atoms with Gasteiger partial charge in [-0.2, -0.15) is 0 Å². The summed E-state index contributed by atoms with van der Waals surface area (Å²) in [5.41, 5.74) is 5.17. The van der Waals surface area contributed by atoms with Crippen LogP contribution in [0.15, 0.2) is 0 Å². The highest BCUT2D eigenvalue weighted by atomic mass is 32.1. The minimum Gasteiger partial charge on any atom is -0.395 e. The maximum atomic E-state index is 8.95. The van der Waals surface area contributed by atoms with Crippen LogP contribution in [0, 0.1) is 0 Å². The zero-order chi connectivity index (χ0) is 8.15. The van der Waals surface area contributed by atoms with Gasteiger partial charge in [-0.1, -0.05) is 12.2 Å². The van der Waals surface area contributed by atoms with Crippen molar-refractivity contribution in [1.82, 2.24) is 0 Å². The van der Waals surface area contributed by atoms with Gasteiger partial charge in [0.1, 0.15) is 12.2 Å². The molecule has 0 fully saturated rings. The molecule has 5 heteroatoms. The Hall–Kier alpha value is -0.0700. The summed E-state index contributed by atoms with van der Waals surface area (Å²) in [5.74, 6) is 0. The van der Waals surface area contributed by atoms with Crippen LogP contribution >= 0.6 is 12.2 Å². The van der Waals surface area contributed by atoms with E-state index in [9.17, 15) is 0 Å². The molecule has 0 aliphatic heterocycles. The van der Waals surface area contributed by atoms with E-state index in [0.717, 1.165) is 5.37 Å². The molecule has 0 aromatic rings. The largest absolute Gasteiger partial charge is 0.395 e. The summed E-state index contributed by atoms with van der Waals surface area (Å²) in [6, 6.07) is -0.839. The first-order valence-electron chi connectivity index (χ1n) is 2.81. The Morgan fingerprint density at radius 2 is 2.00 bits per heavy atom. The van der Waals surface area contributed by atoms with Gasteiger partial charge in [0.25, 0.3) is 0 Å². The van der Waals surface area contributed by atoms with E-state index in [1.54, 1.807) is 0 Å². The monoisotopic (exact) mass is 165 g/mol. The van der Waals surface area contributed by atoms with E-state index in [1.165, 1.54) is 0 Å². The van der Waals surface area contributed by atoms with Gasteiger partial charge in [0.15, 0.2) is 0 Å². The third-order valence-corrected chi connectivity index (χ3v) is 1.42. The highest BCUT2D eigenvalue weighted by molar-refractivity contribution is 7.79. The van der Waals surface area contributed by atoms with E-state index in [4.69, 9.17) is 21.1 Å². The van der Waals surface area contributed by atoms with Crippen molar-refractivity contribution < 1.29 is 15.3 Å². The molecule has 4 nitrogen and oxygen atoms in total. The molecule has 0 aliphatic rings. The Bertz CT molecular complexity index is 111. The first-order valence-corrected chi connectivity index (χ1v) is 3.28. The van der Waals surface area contributed by atoms with Crippen molar-refractivity contribution in [3.05, 3.63) is 0 Å². The van der Waals surface area contributed by atoms with E-state index in [-0.39, 0.29) is 6.61 Å². The molecule has 0 heterocycles. The minimum atomic E-state index is -1.18. The number of aliphatic hydroxyl groups excluding tert-OH is 3. The average molecular weight is 165 g/mol. The third-order valence-electron chi connectivity index (χ3n) is 1.14. The lowest BCUT2D eigenvalue weighted by atomic mass is 10.1. The van der Waals surface area contributed by atoms with Crippen LogP contribution in [0.2, 0.25) is 0 Å². The molecule has 60 valence electrons. The van der Waals surface area contributed by atoms with E-state index in [2.05, 4.69) is 12.2 Å². The molecule has 0 radical (unpaired) electrons. The minimum absolute atomic E-state index is 0.374. The van der Waals surface area contributed by atoms with Gasteiger partial charge in [0.05, 0.1) is 12.6 Å². The van der Waals surface area contributed by atoms with Crippen molar-refractivity contribution in [2.45, 2.75) is 18.2 Å². The van der Waals surface area contributed by atoms with Crippen molar-refractivity contribution in [3.63, 3.8) is 0 Å². The fourth-order valence-electron chi connectivity index (χ4n) is 0.442. The number of hydrogen-bond acceptors (Lipinski definition) is 5. The number of aliphatic hydroxyl groups is 3. The van der Waals surface area contributed by atoms with Crippen molar-refractivity contribution in [2.24, 2.45) is 5.73 Å². The van der Waals surface area contributed by atoms with Gasteiger partial charge in [0, 0.05) is 5.37 Å². The van der Waals surface area contributed by atoms with Gasteiger partial charge in [-0.3, -0.25) is 0 Å². The van der Waals surface area contributed by atoms with Gasteiger partial charge in [-0.25, -0.2) is 0 Å². The Morgan fingerprint density at radius 3 is 2.30 bits per heavy atom. The molecule has 0 saturated carbocycles. The lowest BCUT2D eigenvalue weighted by molar-refractivity contribution is 0.0299. The first kappa shape index (κ1) is 9.93. The van der Waals surface area contributed by atoms with Gasteiger partial charge in [-0.05, 0) is 0 Å². The first-order chi connectivity index (χ1) is 4.63. The number of rotatable bonds is 4. The fraction of sp³-hybridized carbons (Fsp3) is 0.800. The highest BCUT2D eigenvalue weighted by Crippen LogP contribution is 1.94. The molecule has 0 aromatic heterocycles. The molecule has 0 aliphatic carbocycles. The SMILES string of the molecule is N[C@H](CO)[C@H](O)[C@@H](O)C=S. The van der Waals surface area contributed by atoms with E-state index < -0.39 is 18.2 Å². The van der Waals surface area contributed by atoms with Gasteiger partial charge < -0.3 is 21.1 Å². The molecule has 0 unspecified atom stereocenters. The van der Waals surface area contributed by atoms with Crippen LogP contribution in [-0.4, -0.2) is 45.5 Å². The summed E-state index contributed by atoms with van der Waals surface area (Å²) in [7, 11) is 0. The second-order valence-electron chi connectivity index (χ2n) is 1.96. The van der Waals surface area contributed by atoms with E-state index in [0.29, 0.717) is 0 Å². The molecule has 10 heavy (non-hydrogen) atoms. The molecular formula is C5H11NO3S. The van der Waals surface area contributed by atoms with Crippen LogP contribution in [-0.2, 0) is 0 Å². The number of thiocarbonyl (C=S) groups is 1. The zero-order valence-corrected chi connectivity index (χ0v) is 6.16. The molecule has 3 atom stereocenters. The second kappa shape index (κ2) is 4.70. The predicted octanol–water partition coefficient (Wildman–Crippen LogP) is -1.97. The standard InChI is InChI=1S/C5H11NO3S/c6-3(1-7)5(9)4(8)2-10/h2-5,7-9H,1,6H2/t3-,4+,5+/m1/s1. The Morgan fingerprint density at radius 1 is 1.50 bits per heavy atom. The van der Waals surface area contributed by atoms with Crippen LogP contribution in [0.4, 0.5) is 0 Å². The van der Waals surface area contributed by atoms with E-state index >= 15 is 0 Å². The topological polar surface area (TPSA) is 86.7 Å². The molecule has 5 N–H and O–H groups in total. The highest BCUT2D eigenvalue weighted by Gasteiger charge is 2.20. The molecule has 0 amide bonds. The van der Waals surface area contributed by atoms with Gasteiger partial charge in [-0.15, -0.1) is 0 Å². The van der Waals surface area contributed by atoms with Crippen LogP contribution in [0.5, 0.6) is 0 Å². The summed E-state index contributed by atoms with van der Waals surface area (Å²) in [5, 5.41) is 27.2. The van der Waals surface area contributed by atoms with Crippen molar-refractivity contribution >= 4 is 17.6 Å². The van der Waals surface area contributed by atoms with Crippen molar-refractivity contribution in [2.75, 3.05) is 6.61 Å². The van der Waals surface area contributed by atoms with Gasteiger partial charge >= 0.3 is 0 Å². The van der Waals surface area contributed by atoms with Crippen molar-refractivity contribution in [1.29, 1.82) is 0 Å². The van der Waals surface area contributed by atoms with E-state index in [1.807, 2.05) is 0 Å². The van der Waals surface area contributed by atoms with Crippen LogP contribution in [0.3, 0.4) is 0 Å². The molecule has 0 rings (SSSR count). The Labute approximate surface area is 64.3 Å². The lowest BCUT2D eigenvalue weighted by Crippen LogP contribution is -2.45. The normalized spacial score (nSPS) is 19.6. The summed E-state index contributed by atoms with van der Waals surface area (Å²) in [4.78, 5) is 0. The summed E-state index contributed by atoms with van der Waals surface area (Å²) in [6.45, 7) is -0.374. The molecule has 0 spiro atoms. The molecule has 0 saturated heterocycles. The fourth-order valence-corrected chi connectivity index (χ4v) is 0.603. The summed E-state index contributed by atoms with van der Waals surface area (Å²) in [6.07, 6.45) is -2.32.